The van der Waals surface area contributed by atoms with Crippen molar-refractivity contribution in [3.05, 3.63) is 16.4 Å². The van der Waals surface area contributed by atoms with E-state index in [1.165, 1.54) is 12.8 Å². The molecule has 0 aromatic carbocycles. The zero-order chi connectivity index (χ0) is 13.3. The Balaban J connectivity index is 2.21. The van der Waals surface area contributed by atoms with E-state index in [1.54, 1.807) is 0 Å². The predicted molar refractivity (Wildman–Crippen MR) is 72.9 cm³/mol. The lowest BCUT2D eigenvalue weighted by molar-refractivity contribution is -0.127. The molecule has 0 saturated heterocycles. The number of carbonyl (C=O) groups is 1. The summed E-state index contributed by atoms with van der Waals surface area (Å²) in [6.45, 7) is 6.76. The number of rotatable bonds is 4. The topological polar surface area (TPSA) is 34.9 Å². The third kappa shape index (κ3) is 2.33. The minimum absolute atomic E-state index is 0.139. The fourth-order valence-electron chi connectivity index (χ4n) is 2.84. The number of carbonyl (C=O) groups excluding carboxylic acids is 1. The minimum atomic E-state index is -0.139. The second kappa shape index (κ2) is 5.04. The average molecular weight is 269 g/mol. The summed E-state index contributed by atoms with van der Waals surface area (Å²) in [5.74, 6) is 0.316. The van der Waals surface area contributed by atoms with E-state index in [4.69, 9.17) is 11.6 Å². The van der Waals surface area contributed by atoms with Gasteiger partial charge in [0.1, 0.15) is 5.78 Å². The molecule has 2 rings (SSSR count). The smallest absolute Gasteiger partial charge is 0.144 e. The summed E-state index contributed by atoms with van der Waals surface area (Å²) < 4.78 is 1.86. The average Bonchev–Trinajstić information content (AvgIpc) is 2.89. The third-order valence-corrected chi connectivity index (χ3v) is 4.65. The molecule has 0 aliphatic heterocycles. The van der Waals surface area contributed by atoms with Crippen LogP contribution in [0.1, 0.15) is 50.9 Å². The Hall–Kier alpha value is -0.830. The van der Waals surface area contributed by atoms with Gasteiger partial charge in [0, 0.05) is 12.0 Å². The highest BCUT2D eigenvalue weighted by molar-refractivity contribution is 6.32. The van der Waals surface area contributed by atoms with E-state index in [-0.39, 0.29) is 5.41 Å². The Bertz CT molecular complexity index is 459. The normalized spacial score (nSPS) is 18.2. The summed E-state index contributed by atoms with van der Waals surface area (Å²) in [4.78, 5) is 12.5. The summed E-state index contributed by atoms with van der Waals surface area (Å²) in [5.41, 5.74) is 1.56. The van der Waals surface area contributed by atoms with Gasteiger partial charge in [0.05, 0.1) is 22.8 Å². The van der Waals surface area contributed by atoms with Crippen LogP contribution in [0.2, 0.25) is 5.02 Å². The first-order valence-electron chi connectivity index (χ1n) is 6.73. The van der Waals surface area contributed by atoms with Crippen LogP contribution in [0.3, 0.4) is 0 Å². The van der Waals surface area contributed by atoms with Gasteiger partial charge in [0.25, 0.3) is 0 Å². The van der Waals surface area contributed by atoms with E-state index in [0.29, 0.717) is 17.2 Å². The van der Waals surface area contributed by atoms with Crippen molar-refractivity contribution in [1.29, 1.82) is 0 Å². The van der Waals surface area contributed by atoms with E-state index in [2.05, 4.69) is 12.0 Å². The van der Waals surface area contributed by atoms with Gasteiger partial charge in [-0.15, -0.1) is 0 Å². The number of ketones is 1. The van der Waals surface area contributed by atoms with Crippen molar-refractivity contribution in [3.8, 4) is 0 Å². The molecule has 1 aliphatic rings. The Morgan fingerprint density at radius 1 is 1.44 bits per heavy atom. The summed E-state index contributed by atoms with van der Waals surface area (Å²) in [6, 6.07) is 0. The van der Waals surface area contributed by atoms with Crippen LogP contribution in [-0.2, 0) is 17.8 Å². The molecule has 1 saturated carbocycles. The highest BCUT2D eigenvalue weighted by Gasteiger charge is 2.36. The van der Waals surface area contributed by atoms with E-state index in [0.717, 1.165) is 30.8 Å². The van der Waals surface area contributed by atoms with Gasteiger partial charge in [-0.1, -0.05) is 31.4 Å². The molecule has 1 aromatic rings. The molecule has 0 N–H and O–H groups in total. The highest BCUT2D eigenvalue weighted by Crippen LogP contribution is 2.39. The van der Waals surface area contributed by atoms with Gasteiger partial charge >= 0.3 is 0 Å². The van der Waals surface area contributed by atoms with Crippen LogP contribution >= 0.6 is 11.6 Å². The number of Topliss-reactive ketones (excluding diaryl/α,β-unsaturated/α-hetero) is 1. The van der Waals surface area contributed by atoms with Gasteiger partial charge in [-0.3, -0.25) is 9.48 Å². The molecule has 0 amide bonds. The number of halogens is 1. The van der Waals surface area contributed by atoms with Crippen molar-refractivity contribution < 1.29 is 4.79 Å². The fraction of sp³-hybridized carbons (Fsp3) is 0.714. The molecular formula is C14H21ClN2O. The third-order valence-electron chi connectivity index (χ3n) is 4.16. The number of hydrogen-bond donors (Lipinski definition) is 0. The van der Waals surface area contributed by atoms with Crippen LogP contribution in [0.5, 0.6) is 0 Å². The summed E-state index contributed by atoms with van der Waals surface area (Å²) in [5, 5.41) is 5.02. The van der Waals surface area contributed by atoms with Gasteiger partial charge in [-0.25, -0.2) is 0 Å². The molecule has 0 bridgehead atoms. The first-order valence-corrected chi connectivity index (χ1v) is 7.11. The molecule has 1 fully saturated rings. The lowest BCUT2D eigenvalue weighted by atomic mass is 9.82. The van der Waals surface area contributed by atoms with E-state index in [1.807, 2.05) is 18.5 Å². The molecule has 18 heavy (non-hydrogen) atoms. The standard InChI is InChI=1S/C14H21ClN2O/c1-4-17-11(13(15)10(2)16-17)9-12(18)14(3)7-5-6-8-14/h4-9H2,1-3H3. The van der Waals surface area contributed by atoms with Gasteiger partial charge in [-0.05, 0) is 26.7 Å². The molecule has 0 atom stereocenters. The molecule has 1 aliphatic carbocycles. The Kier molecular flexibility index (Phi) is 3.81. The first-order chi connectivity index (χ1) is 8.48. The molecule has 3 nitrogen and oxygen atoms in total. The first kappa shape index (κ1) is 13.6. The quantitative estimate of drug-likeness (QED) is 0.837. The second-order valence-corrected chi connectivity index (χ2v) is 5.91. The molecule has 0 radical (unpaired) electrons. The van der Waals surface area contributed by atoms with E-state index < -0.39 is 0 Å². The number of aryl methyl sites for hydroxylation is 2. The van der Waals surface area contributed by atoms with Gasteiger partial charge < -0.3 is 0 Å². The largest absolute Gasteiger partial charge is 0.299 e. The maximum Gasteiger partial charge on any atom is 0.144 e. The number of aromatic nitrogens is 2. The van der Waals surface area contributed by atoms with Crippen LogP contribution in [0.4, 0.5) is 0 Å². The summed E-state index contributed by atoms with van der Waals surface area (Å²) in [7, 11) is 0. The van der Waals surface area contributed by atoms with Crippen molar-refractivity contribution in [2.24, 2.45) is 5.41 Å². The Labute approximate surface area is 114 Å². The van der Waals surface area contributed by atoms with Crippen LogP contribution in [0.15, 0.2) is 0 Å². The monoisotopic (exact) mass is 268 g/mol. The van der Waals surface area contributed by atoms with Crippen LogP contribution in [0, 0.1) is 12.3 Å². The van der Waals surface area contributed by atoms with Gasteiger partial charge in [-0.2, -0.15) is 5.10 Å². The number of hydrogen-bond acceptors (Lipinski definition) is 2. The maximum atomic E-state index is 12.5. The van der Waals surface area contributed by atoms with Crippen LogP contribution in [-0.4, -0.2) is 15.6 Å². The number of nitrogens with zero attached hydrogens (tertiary/aromatic N) is 2. The fourth-order valence-corrected chi connectivity index (χ4v) is 3.04. The SMILES string of the molecule is CCn1nc(C)c(Cl)c1CC(=O)C1(C)CCCC1. The molecule has 0 spiro atoms. The molecule has 1 aromatic heterocycles. The van der Waals surface area contributed by atoms with Crippen molar-refractivity contribution >= 4 is 17.4 Å². The maximum absolute atomic E-state index is 12.5. The van der Waals surface area contributed by atoms with Crippen LogP contribution in [0.25, 0.3) is 0 Å². The van der Waals surface area contributed by atoms with E-state index in [9.17, 15) is 4.79 Å². The lowest BCUT2D eigenvalue weighted by Gasteiger charge is -2.21. The molecule has 100 valence electrons. The van der Waals surface area contributed by atoms with Crippen molar-refractivity contribution in [3.63, 3.8) is 0 Å². The minimum Gasteiger partial charge on any atom is -0.299 e. The molecule has 1 heterocycles. The molecular weight excluding hydrogens is 248 g/mol. The summed E-state index contributed by atoms with van der Waals surface area (Å²) in [6.07, 6.45) is 4.79. The zero-order valence-corrected chi connectivity index (χ0v) is 12.2. The van der Waals surface area contributed by atoms with Crippen molar-refractivity contribution in [2.75, 3.05) is 0 Å². The Morgan fingerprint density at radius 3 is 2.61 bits per heavy atom. The zero-order valence-electron chi connectivity index (χ0n) is 11.4. The van der Waals surface area contributed by atoms with Crippen LogP contribution < -0.4 is 0 Å². The van der Waals surface area contributed by atoms with E-state index >= 15 is 0 Å². The van der Waals surface area contributed by atoms with Crippen molar-refractivity contribution in [1.82, 2.24) is 9.78 Å². The second-order valence-electron chi connectivity index (χ2n) is 5.53. The van der Waals surface area contributed by atoms with Gasteiger partial charge in [0.2, 0.25) is 0 Å². The van der Waals surface area contributed by atoms with Gasteiger partial charge in [0.15, 0.2) is 0 Å². The Morgan fingerprint density at radius 2 is 2.06 bits per heavy atom. The molecule has 4 heteroatoms. The molecule has 0 unspecified atom stereocenters. The highest BCUT2D eigenvalue weighted by atomic mass is 35.5. The van der Waals surface area contributed by atoms with Crippen molar-refractivity contribution in [2.45, 2.75) is 59.4 Å². The summed E-state index contributed by atoms with van der Waals surface area (Å²) >= 11 is 6.25. The predicted octanol–water partition coefficient (Wildman–Crippen LogP) is 3.56. The lowest BCUT2D eigenvalue weighted by Crippen LogP contribution is -2.27.